The molecule has 0 aliphatic carbocycles. The molecular weight excluding hydrogens is 240 g/mol. The van der Waals surface area contributed by atoms with Crippen molar-refractivity contribution >= 4 is 11.8 Å². The first-order valence-electron chi connectivity index (χ1n) is 7.64. The van der Waals surface area contributed by atoms with E-state index in [1.165, 1.54) is 0 Å². The average molecular weight is 266 g/mol. The van der Waals surface area contributed by atoms with Crippen LogP contribution in [0, 0.1) is 11.8 Å². The van der Waals surface area contributed by atoms with Gasteiger partial charge in [0.15, 0.2) is 0 Å². The number of amides is 2. The number of hydrogen-bond acceptors (Lipinski definition) is 2. The second kappa shape index (κ2) is 6.40. The number of likely N-dealkylation sites (tertiary alicyclic amines) is 2. The fraction of sp³-hybridized carbons (Fsp3) is 0.867. The van der Waals surface area contributed by atoms with Gasteiger partial charge in [0.2, 0.25) is 11.8 Å². The zero-order valence-electron chi connectivity index (χ0n) is 12.2. The van der Waals surface area contributed by atoms with Crippen molar-refractivity contribution in [2.24, 2.45) is 11.8 Å². The van der Waals surface area contributed by atoms with E-state index < -0.39 is 0 Å². The number of carbonyl (C=O) groups excluding carboxylic acids is 2. The third kappa shape index (κ3) is 3.71. The molecule has 2 saturated heterocycles. The van der Waals surface area contributed by atoms with Crippen LogP contribution in [0.5, 0.6) is 0 Å². The summed E-state index contributed by atoms with van der Waals surface area (Å²) in [6, 6.07) is 0. The van der Waals surface area contributed by atoms with E-state index in [2.05, 4.69) is 13.8 Å². The van der Waals surface area contributed by atoms with Gasteiger partial charge >= 0.3 is 0 Å². The van der Waals surface area contributed by atoms with Gasteiger partial charge in [-0.15, -0.1) is 0 Å². The summed E-state index contributed by atoms with van der Waals surface area (Å²) in [6.45, 7) is 7.42. The van der Waals surface area contributed by atoms with Crippen LogP contribution in [-0.2, 0) is 9.59 Å². The van der Waals surface area contributed by atoms with E-state index in [0.717, 1.165) is 45.3 Å². The molecule has 1 unspecified atom stereocenters. The highest BCUT2D eigenvalue weighted by Crippen LogP contribution is 2.22. The van der Waals surface area contributed by atoms with Gasteiger partial charge in [-0.2, -0.15) is 0 Å². The van der Waals surface area contributed by atoms with E-state index in [9.17, 15) is 9.59 Å². The smallest absolute Gasteiger partial charge is 0.227 e. The van der Waals surface area contributed by atoms with Gasteiger partial charge < -0.3 is 9.80 Å². The predicted octanol–water partition coefficient (Wildman–Crippen LogP) is 1.89. The number of nitrogens with zero attached hydrogens (tertiary/aromatic N) is 2. The van der Waals surface area contributed by atoms with Crippen LogP contribution in [0.1, 0.15) is 46.0 Å². The molecule has 0 aromatic rings. The molecule has 0 bridgehead atoms. The molecule has 2 rings (SSSR count). The van der Waals surface area contributed by atoms with Crippen LogP contribution in [0.2, 0.25) is 0 Å². The van der Waals surface area contributed by atoms with Crippen LogP contribution in [0.4, 0.5) is 0 Å². The molecule has 2 amide bonds. The number of piperidine rings is 1. The lowest BCUT2D eigenvalue weighted by Gasteiger charge is -2.34. The zero-order chi connectivity index (χ0) is 13.8. The first kappa shape index (κ1) is 14.4. The predicted molar refractivity (Wildman–Crippen MR) is 74.6 cm³/mol. The summed E-state index contributed by atoms with van der Waals surface area (Å²) >= 11 is 0. The van der Waals surface area contributed by atoms with Crippen molar-refractivity contribution < 1.29 is 9.59 Å². The minimum atomic E-state index is 0.0444. The van der Waals surface area contributed by atoms with Gasteiger partial charge in [-0.05, 0) is 31.6 Å². The van der Waals surface area contributed by atoms with Crippen LogP contribution in [0.15, 0.2) is 0 Å². The fourth-order valence-corrected chi connectivity index (χ4v) is 3.08. The Labute approximate surface area is 116 Å². The van der Waals surface area contributed by atoms with Crippen molar-refractivity contribution in [2.75, 3.05) is 26.2 Å². The largest absolute Gasteiger partial charge is 0.342 e. The normalized spacial score (nSPS) is 24.1. The second-order valence-electron chi connectivity index (χ2n) is 6.31. The van der Waals surface area contributed by atoms with E-state index in [1.54, 1.807) is 0 Å². The molecular formula is C15H26N2O2. The molecule has 4 nitrogen and oxygen atoms in total. The lowest BCUT2D eigenvalue weighted by atomic mass is 9.95. The Morgan fingerprint density at radius 1 is 1.05 bits per heavy atom. The number of rotatable bonds is 3. The SMILES string of the molecule is CC(C)CC(=O)N1CCCC(C(=O)N2CCCC2)C1. The van der Waals surface area contributed by atoms with Crippen molar-refractivity contribution in [1.29, 1.82) is 0 Å². The second-order valence-corrected chi connectivity index (χ2v) is 6.31. The van der Waals surface area contributed by atoms with Crippen LogP contribution in [0.3, 0.4) is 0 Å². The van der Waals surface area contributed by atoms with Crippen LogP contribution >= 0.6 is 0 Å². The van der Waals surface area contributed by atoms with E-state index in [-0.39, 0.29) is 17.7 Å². The molecule has 0 radical (unpaired) electrons. The topological polar surface area (TPSA) is 40.6 Å². The van der Waals surface area contributed by atoms with Gasteiger partial charge in [-0.3, -0.25) is 9.59 Å². The Morgan fingerprint density at radius 3 is 2.32 bits per heavy atom. The molecule has 0 aromatic heterocycles. The zero-order valence-corrected chi connectivity index (χ0v) is 12.2. The van der Waals surface area contributed by atoms with Crippen molar-refractivity contribution in [3.8, 4) is 0 Å². The van der Waals surface area contributed by atoms with Crippen LogP contribution in [0.25, 0.3) is 0 Å². The molecule has 0 aromatic carbocycles. The molecule has 4 heteroatoms. The van der Waals surface area contributed by atoms with Gasteiger partial charge in [0.1, 0.15) is 0 Å². The van der Waals surface area contributed by atoms with Gasteiger partial charge in [0.05, 0.1) is 5.92 Å². The Kier molecular flexibility index (Phi) is 4.83. The Hall–Kier alpha value is -1.06. The highest BCUT2D eigenvalue weighted by molar-refractivity contribution is 5.81. The summed E-state index contributed by atoms with van der Waals surface area (Å²) < 4.78 is 0. The highest BCUT2D eigenvalue weighted by atomic mass is 16.2. The molecule has 2 heterocycles. The minimum Gasteiger partial charge on any atom is -0.342 e. The molecule has 0 spiro atoms. The molecule has 108 valence electrons. The van der Waals surface area contributed by atoms with Crippen molar-refractivity contribution in [3.05, 3.63) is 0 Å². The molecule has 0 saturated carbocycles. The summed E-state index contributed by atoms with van der Waals surface area (Å²) in [5.74, 6) is 0.929. The summed E-state index contributed by atoms with van der Waals surface area (Å²) in [5, 5.41) is 0. The van der Waals surface area contributed by atoms with E-state index >= 15 is 0 Å². The third-order valence-electron chi connectivity index (χ3n) is 4.12. The van der Waals surface area contributed by atoms with Gasteiger partial charge in [-0.1, -0.05) is 13.8 Å². The first-order valence-corrected chi connectivity index (χ1v) is 7.64. The standard InChI is InChI=1S/C15H26N2O2/c1-12(2)10-14(18)17-9-5-6-13(11-17)15(19)16-7-3-4-8-16/h12-13H,3-11H2,1-2H3. The molecule has 2 aliphatic heterocycles. The lowest BCUT2D eigenvalue weighted by molar-refractivity contribution is -0.140. The minimum absolute atomic E-state index is 0.0444. The summed E-state index contributed by atoms with van der Waals surface area (Å²) in [4.78, 5) is 28.4. The maximum absolute atomic E-state index is 12.4. The third-order valence-corrected chi connectivity index (χ3v) is 4.12. The van der Waals surface area contributed by atoms with Gasteiger partial charge in [0, 0.05) is 32.6 Å². The van der Waals surface area contributed by atoms with E-state index in [1.807, 2.05) is 9.80 Å². The highest BCUT2D eigenvalue weighted by Gasteiger charge is 2.32. The van der Waals surface area contributed by atoms with Crippen molar-refractivity contribution in [2.45, 2.75) is 46.0 Å². The Balaban J connectivity index is 1.89. The molecule has 1 atom stereocenters. The van der Waals surface area contributed by atoms with Crippen LogP contribution < -0.4 is 0 Å². The first-order chi connectivity index (χ1) is 9.08. The maximum atomic E-state index is 12.4. The lowest BCUT2D eigenvalue weighted by Crippen LogP contribution is -2.46. The number of carbonyl (C=O) groups is 2. The van der Waals surface area contributed by atoms with Crippen LogP contribution in [-0.4, -0.2) is 47.8 Å². The average Bonchev–Trinajstić information content (AvgIpc) is 2.91. The Bertz CT molecular complexity index is 335. The number of hydrogen-bond donors (Lipinski definition) is 0. The van der Waals surface area contributed by atoms with Crippen molar-refractivity contribution in [1.82, 2.24) is 9.80 Å². The molecule has 19 heavy (non-hydrogen) atoms. The van der Waals surface area contributed by atoms with Crippen molar-refractivity contribution in [3.63, 3.8) is 0 Å². The van der Waals surface area contributed by atoms with E-state index in [4.69, 9.17) is 0 Å². The monoisotopic (exact) mass is 266 g/mol. The van der Waals surface area contributed by atoms with Gasteiger partial charge in [-0.25, -0.2) is 0 Å². The Morgan fingerprint density at radius 2 is 1.68 bits per heavy atom. The maximum Gasteiger partial charge on any atom is 0.227 e. The quantitative estimate of drug-likeness (QED) is 0.782. The van der Waals surface area contributed by atoms with E-state index in [0.29, 0.717) is 18.9 Å². The molecule has 2 aliphatic rings. The van der Waals surface area contributed by atoms with Gasteiger partial charge in [0.25, 0.3) is 0 Å². The fourth-order valence-electron chi connectivity index (χ4n) is 3.08. The summed E-state index contributed by atoms with van der Waals surface area (Å²) in [6.07, 6.45) is 4.78. The summed E-state index contributed by atoms with van der Waals surface area (Å²) in [7, 11) is 0. The molecule has 2 fully saturated rings. The summed E-state index contributed by atoms with van der Waals surface area (Å²) in [5.41, 5.74) is 0. The molecule has 0 N–H and O–H groups in total.